The summed E-state index contributed by atoms with van der Waals surface area (Å²) in [5.74, 6) is 1.62. The van der Waals surface area contributed by atoms with Crippen LogP contribution in [0, 0.1) is 18.3 Å². The molecule has 0 amide bonds. The highest BCUT2D eigenvalue weighted by Gasteiger charge is 2.18. The number of aryl methyl sites for hydroxylation is 1. The maximum atomic E-state index is 9.05. The van der Waals surface area contributed by atoms with Gasteiger partial charge in [-0.3, -0.25) is 0 Å². The highest BCUT2D eigenvalue weighted by Crippen LogP contribution is 2.23. The molecule has 1 aliphatic heterocycles. The lowest BCUT2D eigenvalue weighted by Gasteiger charge is -2.18. The lowest BCUT2D eigenvalue weighted by molar-refractivity contribution is 0.140. The summed E-state index contributed by atoms with van der Waals surface area (Å²) in [4.78, 5) is 4.65. The van der Waals surface area contributed by atoms with E-state index in [4.69, 9.17) is 14.7 Å². The number of ether oxygens (including phenoxy) is 2. The van der Waals surface area contributed by atoms with Gasteiger partial charge in [-0.05, 0) is 43.2 Å². The first-order chi connectivity index (χ1) is 14.2. The number of guanidine groups is 1. The number of aliphatic imine (C=N–C) groups is 1. The molecule has 0 radical (unpaired) electrons. The Labute approximate surface area is 172 Å². The minimum absolute atomic E-state index is 0.116. The lowest BCUT2D eigenvalue weighted by atomic mass is 10.1. The summed E-state index contributed by atoms with van der Waals surface area (Å²) in [6.45, 7) is 7.38. The Morgan fingerprint density at radius 3 is 2.93 bits per heavy atom. The molecule has 1 saturated heterocycles. The van der Waals surface area contributed by atoms with Gasteiger partial charge in [0.25, 0.3) is 0 Å². The van der Waals surface area contributed by atoms with Gasteiger partial charge in [0.2, 0.25) is 0 Å². The Morgan fingerprint density at radius 1 is 1.28 bits per heavy atom. The molecule has 0 saturated carbocycles. The average molecular weight is 393 g/mol. The average Bonchev–Trinajstić information content (AvgIpc) is 3.24. The number of hydrogen-bond donors (Lipinski definition) is 2. The van der Waals surface area contributed by atoms with Crippen molar-refractivity contribution in [1.82, 2.24) is 10.6 Å². The minimum atomic E-state index is 0.116. The van der Waals surface area contributed by atoms with Crippen LogP contribution in [0.25, 0.3) is 0 Å². The standard InChI is InChI=1S/C23H28N4O2/c1-3-25-23(26-14-19-6-4-5-18(12-19)13-24)27-15-20-8-7-17(2)11-22(20)29-21-9-10-28-16-21/h4-8,11-12,21H,3,9-10,14-16H2,1-2H3,(H2,25,26,27). The zero-order valence-electron chi connectivity index (χ0n) is 17.1. The van der Waals surface area contributed by atoms with Crippen molar-refractivity contribution >= 4 is 5.96 Å². The van der Waals surface area contributed by atoms with Gasteiger partial charge in [-0.25, -0.2) is 4.99 Å². The van der Waals surface area contributed by atoms with Crippen molar-refractivity contribution in [2.45, 2.75) is 39.5 Å². The quantitative estimate of drug-likeness (QED) is 0.558. The maximum absolute atomic E-state index is 9.05. The van der Waals surface area contributed by atoms with E-state index >= 15 is 0 Å². The first kappa shape index (κ1) is 20.7. The zero-order chi connectivity index (χ0) is 20.5. The second kappa shape index (κ2) is 10.5. The summed E-state index contributed by atoms with van der Waals surface area (Å²) >= 11 is 0. The van der Waals surface area contributed by atoms with Crippen molar-refractivity contribution in [3.05, 3.63) is 64.7 Å². The van der Waals surface area contributed by atoms with Crippen LogP contribution in [0.15, 0.2) is 47.5 Å². The smallest absolute Gasteiger partial charge is 0.191 e. The summed E-state index contributed by atoms with van der Waals surface area (Å²) in [5, 5.41) is 15.7. The highest BCUT2D eigenvalue weighted by molar-refractivity contribution is 5.79. The Kier molecular flexibility index (Phi) is 7.48. The van der Waals surface area contributed by atoms with Crippen LogP contribution in [0.1, 0.15) is 35.6 Å². The number of nitrogens with zero attached hydrogens (tertiary/aromatic N) is 2. The van der Waals surface area contributed by atoms with Crippen molar-refractivity contribution in [1.29, 1.82) is 5.26 Å². The molecule has 1 atom stereocenters. The van der Waals surface area contributed by atoms with Crippen LogP contribution >= 0.6 is 0 Å². The molecule has 1 heterocycles. The minimum Gasteiger partial charge on any atom is -0.488 e. The number of benzene rings is 2. The molecule has 0 spiro atoms. The Balaban J connectivity index is 1.67. The van der Waals surface area contributed by atoms with E-state index in [1.54, 1.807) is 6.07 Å². The molecule has 3 rings (SSSR count). The molecular formula is C23H28N4O2. The summed E-state index contributed by atoms with van der Waals surface area (Å²) in [6.07, 6.45) is 1.04. The first-order valence-electron chi connectivity index (χ1n) is 10.0. The number of hydrogen-bond acceptors (Lipinski definition) is 4. The lowest BCUT2D eigenvalue weighted by Crippen LogP contribution is -2.37. The molecule has 2 aromatic rings. The van der Waals surface area contributed by atoms with Gasteiger partial charge < -0.3 is 20.1 Å². The molecule has 0 aliphatic carbocycles. The molecule has 2 aromatic carbocycles. The Bertz CT molecular complexity index is 883. The Hall–Kier alpha value is -3.04. The number of nitrogens with one attached hydrogen (secondary N) is 2. The predicted molar refractivity (Wildman–Crippen MR) is 114 cm³/mol. The topological polar surface area (TPSA) is 78.7 Å². The van der Waals surface area contributed by atoms with Gasteiger partial charge in [0.15, 0.2) is 5.96 Å². The van der Waals surface area contributed by atoms with E-state index in [1.165, 1.54) is 5.56 Å². The second-order valence-corrected chi connectivity index (χ2v) is 7.08. The largest absolute Gasteiger partial charge is 0.488 e. The molecule has 1 fully saturated rings. The van der Waals surface area contributed by atoms with Gasteiger partial charge in [-0.15, -0.1) is 0 Å². The van der Waals surface area contributed by atoms with Crippen molar-refractivity contribution in [3.63, 3.8) is 0 Å². The number of nitriles is 1. The molecule has 0 aromatic heterocycles. The van der Waals surface area contributed by atoms with E-state index < -0.39 is 0 Å². The van der Waals surface area contributed by atoms with Crippen molar-refractivity contribution < 1.29 is 9.47 Å². The normalized spacial score (nSPS) is 16.3. The van der Waals surface area contributed by atoms with Crippen LogP contribution in [0.4, 0.5) is 0 Å². The van der Waals surface area contributed by atoms with Crippen molar-refractivity contribution in [3.8, 4) is 11.8 Å². The molecule has 152 valence electrons. The SMILES string of the molecule is CCNC(=NCc1cccc(C#N)c1)NCc1ccc(C)cc1OC1CCOC1. The van der Waals surface area contributed by atoms with Crippen LogP contribution in [0.3, 0.4) is 0 Å². The monoisotopic (exact) mass is 392 g/mol. The summed E-state index contributed by atoms with van der Waals surface area (Å²) in [6, 6.07) is 15.9. The van der Waals surface area contributed by atoms with E-state index in [0.717, 1.165) is 42.4 Å². The fraction of sp³-hybridized carbons (Fsp3) is 0.391. The molecule has 1 unspecified atom stereocenters. The van der Waals surface area contributed by atoms with Crippen LogP contribution in [0.2, 0.25) is 0 Å². The van der Waals surface area contributed by atoms with Gasteiger partial charge in [0, 0.05) is 25.1 Å². The fourth-order valence-corrected chi connectivity index (χ4v) is 3.13. The van der Waals surface area contributed by atoms with E-state index in [-0.39, 0.29) is 6.10 Å². The second-order valence-electron chi connectivity index (χ2n) is 7.08. The molecule has 2 N–H and O–H groups in total. The summed E-state index contributed by atoms with van der Waals surface area (Å²) < 4.78 is 11.6. The molecule has 29 heavy (non-hydrogen) atoms. The molecule has 6 nitrogen and oxygen atoms in total. The van der Waals surface area contributed by atoms with Crippen LogP contribution < -0.4 is 15.4 Å². The summed E-state index contributed by atoms with van der Waals surface area (Å²) in [7, 11) is 0. The van der Waals surface area contributed by atoms with E-state index in [0.29, 0.717) is 25.3 Å². The first-order valence-corrected chi connectivity index (χ1v) is 10.0. The van der Waals surface area contributed by atoms with Crippen LogP contribution in [-0.2, 0) is 17.8 Å². The third kappa shape index (κ3) is 6.23. The third-order valence-electron chi connectivity index (χ3n) is 4.67. The summed E-state index contributed by atoms with van der Waals surface area (Å²) in [5.41, 5.74) is 3.90. The van der Waals surface area contributed by atoms with Crippen molar-refractivity contribution in [2.75, 3.05) is 19.8 Å². The molecular weight excluding hydrogens is 364 g/mol. The molecule has 0 bridgehead atoms. The Morgan fingerprint density at radius 2 is 2.17 bits per heavy atom. The van der Waals surface area contributed by atoms with Gasteiger partial charge in [0.1, 0.15) is 11.9 Å². The third-order valence-corrected chi connectivity index (χ3v) is 4.67. The van der Waals surface area contributed by atoms with Crippen molar-refractivity contribution in [2.24, 2.45) is 4.99 Å². The molecule has 1 aliphatic rings. The zero-order valence-corrected chi connectivity index (χ0v) is 17.1. The van der Waals surface area contributed by atoms with E-state index in [2.05, 4.69) is 46.8 Å². The van der Waals surface area contributed by atoms with E-state index in [1.807, 2.05) is 25.1 Å². The van der Waals surface area contributed by atoms with Gasteiger partial charge in [0.05, 0.1) is 31.4 Å². The fourth-order valence-electron chi connectivity index (χ4n) is 3.13. The van der Waals surface area contributed by atoms with Crippen LogP contribution in [0.5, 0.6) is 5.75 Å². The number of rotatable bonds is 7. The van der Waals surface area contributed by atoms with Crippen LogP contribution in [-0.4, -0.2) is 31.8 Å². The van der Waals surface area contributed by atoms with Gasteiger partial charge in [-0.2, -0.15) is 5.26 Å². The maximum Gasteiger partial charge on any atom is 0.191 e. The van der Waals surface area contributed by atoms with E-state index in [9.17, 15) is 0 Å². The highest BCUT2D eigenvalue weighted by atomic mass is 16.5. The predicted octanol–water partition coefficient (Wildman–Crippen LogP) is 3.29. The molecule has 6 heteroatoms. The van der Waals surface area contributed by atoms with Gasteiger partial charge in [-0.1, -0.05) is 24.3 Å². The van der Waals surface area contributed by atoms with Gasteiger partial charge >= 0.3 is 0 Å².